The Kier molecular flexibility index (Phi) is 6.52. The number of benzene rings is 1. The van der Waals surface area contributed by atoms with Gasteiger partial charge in [0.2, 0.25) is 0 Å². The predicted molar refractivity (Wildman–Crippen MR) is 89.8 cm³/mol. The molecule has 0 bridgehead atoms. The average Bonchev–Trinajstić information content (AvgIpc) is 2.55. The molecule has 1 fully saturated rings. The summed E-state index contributed by atoms with van der Waals surface area (Å²) in [4.78, 5) is 14.3. The molecule has 1 atom stereocenters. The van der Waals surface area contributed by atoms with Gasteiger partial charge in [-0.3, -0.25) is 4.90 Å². The molecule has 0 saturated carbocycles. The number of para-hydroxylation sites is 1. The van der Waals surface area contributed by atoms with E-state index in [1.54, 1.807) is 18.2 Å². The predicted octanol–water partition coefficient (Wildman–Crippen LogP) is 2.07. The van der Waals surface area contributed by atoms with Gasteiger partial charge in [-0.15, -0.1) is 0 Å². The van der Waals surface area contributed by atoms with Crippen LogP contribution in [0.25, 0.3) is 0 Å². The number of urea groups is 1. The van der Waals surface area contributed by atoms with E-state index < -0.39 is 0 Å². The van der Waals surface area contributed by atoms with E-state index in [1.807, 2.05) is 0 Å². The third kappa shape index (κ3) is 5.03. The summed E-state index contributed by atoms with van der Waals surface area (Å²) in [5.41, 5.74) is 0.629. The number of piperidine rings is 1. The highest BCUT2D eigenvalue weighted by atomic mass is 16.5. The van der Waals surface area contributed by atoms with E-state index in [9.17, 15) is 9.90 Å². The standard InChI is InChI=1S/C17H27N3O3/c1-13-6-3-4-10-20(13)11-9-18-17(22)19-12-14-7-5-8-15(23-2)16(14)21/h5,7-8,13,21H,3-4,6,9-12H2,1-2H3,(H2,18,19,22)/t13-/m1/s1. The molecule has 0 radical (unpaired) electrons. The molecule has 1 heterocycles. The molecule has 1 aromatic rings. The lowest BCUT2D eigenvalue weighted by atomic mass is 10.0. The lowest BCUT2D eigenvalue weighted by Gasteiger charge is -2.33. The van der Waals surface area contributed by atoms with Gasteiger partial charge in [0.1, 0.15) is 0 Å². The highest BCUT2D eigenvalue weighted by molar-refractivity contribution is 5.73. The molecule has 1 aliphatic heterocycles. The molecule has 128 valence electrons. The maximum absolute atomic E-state index is 11.9. The largest absolute Gasteiger partial charge is 0.504 e. The van der Waals surface area contributed by atoms with E-state index in [1.165, 1.54) is 26.4 Å². The summed E-state index contributed by atoms with van der Waals surface area (Å²) < 4.78 is 5.05. The minimum atomic E-state index is -0.225. The second kappa shape index (κ2) is 8.62. The van der Waals surface area contributed by atoms with Crippen molar-refractivity contribution in [1.29, 1.82) is 0 Å². The number of ether oxygens (including phenoxy) is 1. The van der Waals surface area contributed by atoms with Crippen molar-refractivity contribution in [3.05, 3.63) is 23.8 Å². The quantitative estimate of drug-likeness (QED) is 0.750. The van der Waals surface area contributed by atoms with Crippen LogP contribution in [0.1, 0.15) is 31.7 Å². The van der Waals surface area contributed by atoms with Gasteiger partial charge in [0.25, 0.3) is 0 Å². The minimum Gasteiger partial charge on any atom is -0.504 e. The number of likely N-dealkylation sites (tertiary alicyclic amines) is 1. The average molecular weight is 321 g/mol. The first kappa shape index (κ1) is 17.4. The van der Waals surface area contributed by atoms with E-state index in [0.717, 1.165) is 13.1 Å². The zero-order valence-electron chi connectivity index (χ0n) is 14.0. The Hall–Kier alpha value is -1.95. The second-order valence-electron chi connectivity index (χ2n) is 5.96. The van der Waals surface area contributed by atoms with E-state index in [2.05, 4.69) is 22.5 Å². The molecule has 23 heavy (non-hydrogen) atoms. The van der Waals surface area contributed by atoms with Gasteiger partial charge in [0, 0.05) is 31.2 Å². The van der Waals surface area contributed by atoms with Crippen molar-refractivity contribution in [2.45, 2.75) is 38.8 Å². The molecule has 0 spiro atoms. The van der Waals surface area contributed by atoms with Crippen molar-refractivity contribution in [2.75, 3.05) is 26.7 Å². The van der Waals surface area contributed by atoms with Crippen LogP contribution >= 0.6 is 0 Å². The van der Waals surface area contributed by atoms with Crippen LogP contribution in [0.5, 0.6) is 11.5 Å². The topological polar surface area (TPSA) is 73.8 Å². The van der Waals surface area contributed by atoms with Crippen molar-refractivity contribution in [2.24, 2.45) is 0 Å². The summed E-state index contributed by atoms with van der Waals surface area (Å²) in [7, 11) is 1.50. The molecule has 0 aromatic heterocycles. The number of rotatable bonds is 6. The van der Waals surface area contributed by atoms with Crippen molar-refractivity contribution in [3.8, 4) is 11.5 Å². The highest BCUT2D eigenvalue weighted by Gasteiger charge is 2.17. The SMILES string of the molecule is COc1cccc(CNC(=O)NCCN2CCCC[C@H]2C)c1O. The van der Waals surface area contributed by atoms with Crippen molar-refractivity contribution >= 4 is 6.03 Å². The normalized spacial score (nSPS) is 18.4. The van der Waals surface area contributed by atoms with Gasteiger partial charge in [-0.1, -0.05) is 18.6 Å². The fraction of sp³-hybridized carbons (Fsp3) is 0.588. The first-order valence-corrected chi connectivity index (χ1v) is 8.22. The number of aromatic hydroxyl groups is 1. The van der Waals surface area contributed by atoms with Gasteiger partial charge < -0.3 is 20.5 Å². The molecule has 0 unspecified atom stereocenters. The fourth-order valence-corrected chi connectivity index (χ4v) is 2.92. The summed E-state index contributed by atoms with van der Waals surface area (Å²) in [6.45, 7) is 5.11. The third-order valence-electron chi connectivity index (χ3n) is 4.37. The number of hydrogen-bond acceptors (Lipinski definition) is 4. The highest BCUT2D eigenvalue weighted by Crippen LogP contribution is 2.29. The number of nitrogens with zero attached hydrogens (tertiary/aromatic N) is 1. The van der Waals surface area contributed by atoms with Gasteiger partial charge in [0.15, 0.2) is 11.5 Å². The van der Waals surface area contributed by atoms with E-state index >= 15 is 0 Å². The number of phenolic OH excluding ortho intramolecular Hbond substituents is 1. The minimum absolute atomic E-state index is 0.0671. The Morgan fingerprint density at radius 1 is 1.39 bits per heavy atom. The molecule has 6 heteroatoms. The fourth-order valence-electron chi connectivity index (χ4n) is 2.92. The molecule has 1 saturated heterocycles. The van der Waals surface area contributed by atoms with Crippen molar-refractivity contribution < 1.29 is 14.6 Å². The molecule has 6 nitrogen and oxygen atoms in total. The zero-order valence-corrected chi connectivity index (χ0v) is 14.0. The van der Waals surface area contributed by atoms with Crippen LogP contribution in [0.2, 0.25) is 0 Å². The van der Waals surface area contributed by atoms with Crippen molar-refractivity contribution in [3.63, 3.8) is 0 Å². The molecule has 3 N–H and O–H groups in total. The number of carbonyl (C=O) groups is 1. The van der Waals surface area contributed by atoms with Crippen LogP contribution in [0.4, 0.5) is 4.79 Å². The van der Waals surface area contributed by atoms with Crippen LogP contribution in [-0.2, 0) is 6.54 Å². The molecule has 0 aliphatic carbocycles. The second-order valence-corrected chi connectivity index (χ2v) is 5.96. The van der Waals surface area contributed by atoms with Crippen LogP contribution in [0.15, 0.2) is 18.2 Å². The van der Waals surface area contributed by atoms with Gasteiger partial charge in [-0.05, 0) is 32.4 Å². The Labute approximate surface area is 137 Å². The molecule has 1 aromatic carbocycles. The van der Waals surface area contributed by atoms with Gasteiger partial charge in [0.05, 0.1) is 7.11 Å². The number of nitrogens with one attached hydrogen (secondary N) is 2. The van der Waals surface area contributed by atoms with Gasteiger partial charge in [-0.25, -0.2) is 4.79 Å². The summed E-state index contributed by atoms with van der Waals surface area (Å²) in [6.07, 6.45) is 3.78. The van der Waals surface area contributed by atoms with Crippen molar-refractivity contribution in [1.82, 2.24) is 15.5 Å². The smallest absolute Gasteiger partial charge is 0.315 e. The molecule has 1 aliphatic rings. The number of methoxy groups -OCH3 is 1. The number of hydrogen-bond donors (Lipinski definition) is 3. The van der Waals surface area contributed by atoms with Crippen LogP contribution < -0.4 is 15.4 Å². The summed E-state index contributed by atoms with van der Waals surface area (Å²) in [5, 5.41) is 15.6. The summed E-state index contributed by atoms with van der Waals surface area (Å²) in [5.74, 6) is 0.473. The Balaban J connectivity index is 1.71. The third-order valence-corrected chi connectivity index (χ3v) is 4.37. The zero-order chi connectivity index (χ0) is 16.7. The van der Waals surface area contributed by atoms with E-state index in [-0.39, 0.29) is 18.3 Å². The maximum atomic E-state index is 11.9. The first-order valence-electron chi connectivity index (χ1n) is 8.22. The Morgan fingerprint density at radius 2 is 2.22 bits per heavy atom. The Bertz CT molecular complexity index is 522. The maximum Gasteiger partial charge on any atom is 0.315 e. The van der Waals surface area contributed by atoms with E-state index in [0.29, 0.717) is 23.9 Å². The summed E-state index contributed by atoms with van der Waals surface area (Å²) in [6, 6.07) is 5.59. The lowest BCUT2D eigenvalue weighted by Crippen LogP contribution is -2.44. The van der Waals surface area contributed by atoms with Gasteiger partial charge >= 0.3 is 6.03 Å². The van der Waals surface area contributed by atoms with Crippen LogP contribution in [0.3, 0.4) is 0 Å². The molecule has 2 amide bonds. The number of phenols is 1. The summed E-state index contributed by atoms with van der Waals surface area (Å²) >= 11 is 0. The van der Waals surface area contributed by atoms with Crippen LogP contribution in [-0.4, -0.2) is 48.8 Å². The number of amides is 2. The Morgan fingerprint density at radius 3 is 2.96 bits per heavy atom. The number of carbonyl (C=O) groups excluding carboxylic acids is 1. The van der Waals surface area contributed by atoms with E-state index in [4.69, 9.17) is 4.74 Å². The lowest BCUT2D eigenvalue weighted by molar-refractivity contribution is 0.161. The molecule has 2 rings (SSSR count). The molecular formula is C17H27N3O3. The monoisotopic (exact) mass is 321 g/mol. The first-order chi connectivity index (χ1) is 11.1. The van der Waals surface area contributed by atoms with Crippen LogP contribution in [0, 0.1) is 0 Å². The molecular weight excluding hydrogens is 294 g/mol. The van der Waals surface area contributed by atoms with Gasteiger partial charge in [-0.2, -0.15) is 0 Å².